The van der Waals surface area contributed by atoms with Crippen LogP contribution in [-0.2, 0) is 41.6 Å². The molecule has 4 N–H and O–H groups in total. The van der Waals surface area contributed by atoms with Crippen molar-refractivity contribution in [1.82, 2.24) is 35.9 Å². The molecule has 3 aliphatic heterocycles. The summed E-state index contributed by atoms with van der Waals surface area (Å²) in [6, 6.07) is 15.8. The number of benzene rings is 2. The fourth-order valence-corrected chi connectivity index (χ4v) is 10.4. The second-order valence-corrected chi connectivity index (χ2v) is 21.8. The van der Waals surface area contributed by atoms with Gasteiger partial charge in [-0.15, -0.1) is 0 Å². The van der Waals surface area contributed by atoms with Gasteiger partial charge in [-0.05, 0) is 87.2 Å². The van der Waals surface area contributed by atoms with Gasteiger partial charge >= 0.3 is 24.4 Å². The molecule has 0 saturated carbocycles. The Morgan fingerprint density at radius 2 is 1.43 bits per heavy atom. The third-order valence-corrected chi connectivity index (χ3v) is 15.7. The van der Waals surface area contributed by atoms with Gasteiger partial charge in [-0.3, -0.25) is 29.7 Å². The zero-order valence-electron chi connectivity index (χ0n) is 44.2. The molecule has 2 unspecified atom stereocenters. The van der Waals surface area contributed by atoms with E-state index in [2.05, 4.69) is 46.8 Å². The number of methoxy groups -OCH3 is 2. The molecule has 2 bridgehead atoms. The van der Waals surface area contributed by atoms with Crippen molar-refractivity contribution < 1.29 is 64.8 Å². The second kappa shape index (κ2) is 25.1. The number of hydrazine groups is 1. The van der Waals surface area contributed by atoms with Crippen molar-refractivity contribution in [2.45, 2.75) is 109 Å². The smallest absolute Gasteiger partial charge is 0.407 e. The SMILES string of the molecule is COC(=O)C[C@H](C(=O)NN(Cc1c(Cl)cc(-c2ccccn2)cc1Cl)C[C@H](O)[C@H](Cc1ccc(C#Cc2ccc(N3CC4CCC(C3)N4C3COC3)nc2)cc1)NC(=O)[C@@H](NC(=O)OC)C(C)(C)C(F)(F)F)C(C)(C)C(F)(F)F. The average molecular weight is 1150 g/mol. The summed E-state index contributed by atoms with van der Waals surface area (Å²) in [5.41, 5.74) is -0.786. The van der Waals surface area contributed by atoms with E-state index in [1.165, 1.54) is 18.3 Å². The lowest BCUT2D eigenvalue weighted by Gasteiger charge is -2.47. The van der Waals surface area contributed by atoms with Crippen LogP contribution in [0.3, 0.4) is 0 Å². The number of aliphatic hydroxyl groups excluding tert-OH is 1. The van der Waals surface area contributed by atoms with Crippen LogP contribution >= 0.6 is 23.2 Å². The fraction of sp³-hybridized carbons (Fsp3) is 0.491. The van der Waals surface area contributed by atoms with E-state index < -0.39 is 90.7 Å². The number of fused-ring (bicyclic) bond motifs is 2. The number of alkyl carbamates (subject to hydrolysis) is 1. The minimum Gasteiger partial charge on any atom is -0.469 e. The van der Waals surface area contributed by atoms with Crippen LogP contribution in [0.25, 0.3) is 11.3 Å². The first-order valence-corrected chi connectivity index (χ1v) is 26.1. The van der Waals surface area contributed by atoms with Crippen molar-refractivity contribution in [3.05, 3.63) is 111 Å². The van der Waals surface area contributed by atoms with Crippen LogP contribution < -0.4 is 21.0 Å². The maximum absolute atomic E-state index is 14.6. The third kappa shape index (κ3) is 14.4. The van der Waals surface area contributed by atoms with Crippen molar-refractivity contribution >= 4 is 52.9 Å². The fourth-order valence-electron chi connectivity index (χ4n) is 9.83. The van der Waals surface area contributed by atoms with E-state index in [4.69, 9.17) is 32.9 Å². The minimum absolute atomic E-state index is 0.00733. The molecule has 0 spiro atoms. The van der Waals surface area contributed by atoms with Crippen LogP contribution in [0, 0.1) is 28.6 Å². The molecule has 16 nitrogen and oxygen atoms in total. The van der Waals surface area contributed by atoms with Crippen LogP contribution in [-0.4, -0.2) is 145 Å². The lowest BCUT2D eigenvalue weighted by molar-refractivity contribution is -0.231. The van der Waals surface area contributed by atoms with Gasteiger partial charge < -0.3 is 34.9 Å². The number of hydrogen-bond donors (Lipinski definition) is 4. The van der Waals surface area contributed by atoms with E-state index in [1.807, 2.05) is 17.4 Å². The summed E-state index contributed by atoms with van der Waals surface area (Å²) in [6.07, 6.45) is -9.26. The summed E-state index contributed by atoms with van der Waals surface area (Å²) in [6.45, 7) is 4.79. The number of aromatic nitrogens is 2. The molecule has 3 saturated heterocycles. The van der Waals surface area contributed by atoms with Gasteiger partial charge in [0.1, 0.15) is 11.9 Å². The summed E-state index contributed by atoms with van der Waals surface area (Å²) in [7, 11) is 1.82. The standard InChI is InChI=1S/C55H62Cl2F6N8O8/c1-52(2,54(58,59)60)40(24-47(73)77-5)49(74)68-70(28-39-41(56)22-35(23-42(39)57)43-9-7-8-20-64-43)29-45(72)44(66-50(75)48(67-51(76)78-6)53(3,4)55(61,62)63)21-33-13-10-32(11-14-33)12-15-34-16-19-46(65-25-34)69-26-36-17-18-37(27-69)71(36)38-30-79-31-38/h7-11,13-14,16,19-20,22-23,25,36-38,40,44-45,48,72H,17-18,21,24,26-31H2,1-6H3,(H,66,75)(H,67,76)(H,68,74)/t36?,37?,40-,44+,45+,48-/m1/s1. The molecule has 4 aromatic rings. The first kappa shape index (κ1) is 60.4. The number of amides is 3. The van der Waals surface area contributed by atoms with Crippen LogP contribution in [0.15, 0.2) is 79.1 Å². The van der Waals surface area contributed by atoms with Gasteiger partial charge in [0.2, 0.25) is 11.8 Å². The second-order valence-electron chi connectivity index (χ2n) is 21.0. The van der Waals surface area contributed by atoms with Crippen LogP contribution in [0.4, 0.5) is 37.0 Å². The molecule has 7 rings (SSSR count). The highest BCUT2D eigenvalue weighted by Crippen LogP contribution is 2.46. The molecular formula is C55H62Cl2F6N8O8. The molecule has 2 aromatic carbocycles. The lowest BCUT2D eigenvalue weighted by atomic mass is 9.75. The summed E-state index contributed by atoms with van der Waals surface area (Å²) in [5, 5.41) is 17.6. The predicted molar refractivity (Wildman–Crippen MR) is 281 cm³/mol. The Morgan fingerprint density at radius 3 is 1.96 bits per heavy atom. The van der Waals surface area contributed by atoms with Crippen LogP contribution in [0.2, 0.25) is 10.0 Å². The van der Waals surface area contributed by atoms with E-state index in [-0.39, 0.29) is 22.0 Å². The Kier molecular flexibility index (Phi) is 19.2. The number of anilines is 1. The van der Waals surface area contributed by atoms with Crippen LogP contribution in [0.5, 0.6) is 0 Å². The number of nitrogens with zero attached hydrogens (tertiary/aromatic N) is 5. The largest absolute Gasteiger partial charge is 0.469 e. The number of alkyl halides is 6. The minimum atomic E-state index is -5.09. The molecule has 5 heterocycles. The number of carbonyl (C=O) groups is 4. The highest BCUT2D eigenvalue weighted by Gasteiger charge is 2.57. The van der Waals surface area contributed by atoms with Crippen molar-refractivity contribution in [1.29, 1.82) is 0 Å². The van der Waals surface area contributed by atoms with E-state index in [1.54, 1.807) is 48.7 Å². The van der Waals surface area contributed by atoms with Crippen molar-refractivity contribution in [2.75, 3.05) is 52.0 Å². The van der Waals surface area contributed by atoms with Gasteiger partial charge in [-0.1, -0.05) is 67.1 Å². The number of pyridine rings is 2. The summed E-state index contributed by atoms with van der Waals surface area (Å²) in [4.78, 5) is 67.3. The molecule has 24 heteroatoms. The average Bonchev–Trinajstić information content (AvgIpc) is 3.81. The number of esters is 1. The van der Waals surface area contributed by atoms with Gasteiger partial charge in [0, 0.05) is 83.0 Å². The Bertz CT molecular complexity index is 2830. The Morgan fingerprint density at radius 1 is 0.810 bits per heavy atom. The number of nitrogens with one attached hydrogen (secondary N) is 3. The molecule has 0 aliphatic carbocycles. The lowest BCUT2D eigenvalue weighted by Crippen LogP contribution is -2.62. The maximum Gasteiger partial charge on any atom is 0.407 e. The molecule has 3 amide bonds. The van der Waals surface area contributed by atoms with Gasteiger partial charge in [0.15, 0.2) is 0 Å². The van der Waals surface area contributed by atoms with Gasteiger partial charge in [0.25, 0.3) is 0 Å². The molecule has 426 valence electrons. The molecule has 0 radical (unpaired) electrons. The molecule has 3 fully saturated rings. The normalized spacial score (nSPS) is 18.6. The number of rotatable bonds is 19. The zero-order chi connectivity index (χ0) is 57.6. The summed E-state index contributed by atoms with van der Waals surface area (Å²) in [5.74, 6) is 1.01. The first-order chi connectivity index (χ1) is 37.2. The number of hydrogen-bond acceptors (Lipinski definition) is 13. The van der Waals surface area contributed by atoms with Gasteiger partial charge in [-0.25, -0.2) is 14.8 Å². The number of ether oxygens (including phenoxy) is 3. The van der Waals surface area contributed by atoms with E-state index >= 15 is 0 Å². The van der Waals surface area contributed by atoms with Crippen molar-refractivity contribution in [3.63, 3.8) is 0 Å². The topological polar surface area (TPSA) is 188 Å². The molecular weight excluding hydrogens is 1090 g/mol. The number of carbonyl (C=O) groups excluding carboxylic acids is 4. The van der Waals surface area contributed by atoms with E-state index in [0.29, 0.717) is 59.9 Å². The number of piperazine rings is 1. The van der Waals surface area contributed by atoms with Gasteiger partial charge in [0.05, 0.1) is 74.5 Å². The quantitative estimate of drug-likeness (QED) is 0.0308. The Labute approximate surface area is 463 Å². The van der Waals surface area contributed by atoms with E-state index in [0.717, 1.165) is 78.0 Å². The number of aliphatic hydroxyl groups is 1. The monoisotopic (exact) mass is 1150 g/mol. The Balaban J connectivity index is 1.17. The molecule has 3 aliphatic rings. The van der Waals surface area contributed by atoms with Gasteiger partial charge in [-0.2, -0.15) is 26.3 Å². The van der Waals surface area contributed by atoms with Crippen molar-refractivity contribution in [2.24, 2.45) is 16.7 Å². The highest BCUT2D eigenvalue weighted by atomic mass is 35.5. The molecule has 6 atom stereocenters. The first-order valence-electron chi connectivity index (χ1n) is 25.4. The highest BCUT2D eigenvalue weighted by molar-refractivity contribution is 6.36. The predicted octanol–water partition coefficient (Wildman–Crippen LogP) is 7.90. The molecule has 2 aromatic heterocycles. The summed E-state index contributed by atoms with van der Waals surface area (Å²) >= 11 is 13.6. The molecule has 79 heavy (non-hydrogen) atoms. The maximum atomic E-state index is 14.6. The van der Waals surface area contributed by atoms with E-state index in [9.17, 15) is 50.6 Å². The summed E-state index contributed by atoms with van der Waals surface area (Å²) < 4.78 is 102. The third-order valence-electron chi connectivity index (χ3n) is 15.0. The van der Waals surface area contributed by atoms with Crippen molar-refractivity contribution in [3.8, 4) is 23.1 Å². The Hall–Kier alpha value is -6.22. The van der Waals surface area contributed by atoms with Crippen LogP contribution in [0.1, 0.15) is 69.2 Å². The zero-order valence-corrected chi connectivity index (χ0v) is 45.7. The number of halogens is 8.